The Labute approximate surface area is 200 Å². The summed E-state index contributed by atoms with van der Waals surface area (Å²) in [6.07, 6.45) is 0.0873. The first-order valence-corrected chi connectivity index (χ1v) is 16.5. The number of ketones is 1. The van der Waals surface area contributed by atoms with Crippen LogP contribution in [0.1, 0.15) is 0 Å². The van der Waals surface area contributed by atoms with Crippen molar-refractivity contribution in [1.29, 1.82) is 0 Å². The van der Waals surface area contributed by atoms with E-state index < -0.39 is 13.1 Å². The van der Waals surface area contributed by atoms with E-state index in [4.69, 9.17) is 11.2 Å². The molecule has 0 fully saturated rings. The van der Waals surface area contributed by atoms with Gasteiger partial charge in [-0.25, -0.2) is 0 Å². The molecule has 0 aliphatic carbocycles. The summed E-state index contributed by atoms with van der Waals surface area (Å²) in [5.74, 6) is -3.46. The number of hydrogen-bond donors (Lipinski definition) is 0. The summed E-state index contributed by atoms with van der Waals surface area (Å²) in [7, 11) is -3.17. The van der Waals surface area contributed by atoms with E-state index in [9.17, 15) is 9.36 Å². The summed E-state index contributed by atoms with van der Waals surface area (Å²) in [4.78, 5) is 13.7. The van der Waals surface area contributed by atoms with Crippen molar-refractivity contribution >= 4 is 51.3 Å². The van der Waals surface area contributed by atoms with Crippen LogP contribution in [0.25, 0.3) is 0 Å². The first kappa shape index (κ1) is 23.7. The molecule has 33 heavy (non-hydrogen) atoms. The Morgan fingerprint density at radius 3 is 1.36 bits per heavy atom. The average molecular weight is 493 g/mol. The van der Waals surface area contributed by atoms with Gasteiger partial charge >= 0.3 is 201 Å². The van der Waals surface area contributed by atoms with E-state index in [1.165, 1.54) is 0 Å². The predicted octanol–water partition coefficient (Wildman–Crippen LogP) is 5.56. The molecule has 0 aromatic heterocycles. The van der Waals surface area contributed by atoms with Gasteiger partial charge in [0.1, 0.15) is 0 Å². The van der Waals surface area contributed by atoms with Crippen LogP contribution in [0.4, 0.5) is 0 Å². The Bertz CT molecular complexity index is 1190. The van der Waals surface area contributed by atoms with Crippen molar-refractivity contribution in [2.24, 2.45) is 0 Å². The Hall–Kier alpha value is -2.50. The standard InChI is InChI=1S/C28H27ClO2P2/c1-33(29,27-18-10-4-11-19-27,28-20-12-5-13-21-28)23-24(30)22-32(31,25-14-6-2-7-15-25)26-16-8-3-9-17-26/h2-21H,22-23H2,1H3. The Kier molecular flexibility index (Phi) is 6.73. The SMILES string of the molecule is CP(Cl)(CC(=O)CP(=O)(c1ccccc1)c1ccccc1)(c1ccccc1)c1ccccc1. The molecule has 0 heterocycles. The normalized spacial score (nSPS) is 13.1. The van der Waals surface area contributed by atoms with Crippen molar-refractivity contribution in [1.82, 2.24) is 0 Å². The first-order valence-electron chi connectivity index (χ1n) is 10.9. The van der Waals surface area contributed by atoms with Gasteiger partial charge in [-0.05, 0) is 0 Å². The molecule has 0 aliphatic rings. The molecule has 5 heteroatoms. The predicted molar refractivity (Wildman–Crippen MR) is 145 cm³/mol. The second kappa shape index (κ2) is 9.40. The van der Waals surface area contributed by atoms with Gasteiger partial charge < -0.3 is 0 Å². The molecule has 0 amide bonds. The molecule has 4 aromatic rings. The number of rotatable bonds is 8. The third kappa shape index (κ3) is 4.75. The monoisotopic (exact) mass is 492 g/mol. The van der Waals surface area contributed by atoms with Gasteiger partial charge in [0.2, 0.25) is 0 Å². The summed E-state index contributed by atoms with van der Waals surface area (Å²) in [5, 5.41) is 3.29. The van der Waals surface area contributed by atoms with Crippen LogP contribution >= 0.6 is 24.3 Å². The zero-order valence-corrected chi connectivity index (χ0v) is 21.1. The average Bonchev–Trinajstić information content (AvgIpc) is 2.86. The van der Waals surface area contributed by atoms with Crippen LogP contribution in [0.5, 0.6) is 0 Å². The molecule has 0 saturated carbocycles. The first-order chi connectivity index (χ1) is 15.8. The number of carbonyl (C=O) groups is 1. The van der Waals surface area contributed by atoms with Crippen LogP contribution < -0.4 is 21.2 Å². The third-order valence-corrected chi connectivity index (χ3v) is 15.1. The van der Waals surface area contributed by atoms with E-state index >= 15 is 0 Å². The van der Waals surface area contributed by atoms with Gasteiger partial charge in [-0.1, -0.05) is 0 Å². The van der Waals surface area contributed by atoms with Crippen LogP contribution in [0.2, 0.25) is 0 Å². The Balaban J connectivity index is 1.77. The molecule has 2 nitrogen and oxygen atoms in total. The summed E-state index contributed by atoms with van der Waals surface area (Å²) >= 11 is 7.58. The van der Waals surface area contributed by atoms with E-state index in [0.29, 0.717) is 10.6 Å². The second-order valence-corrected chi connectivity index (χ2v) is 18.8. The number of halogens is 1. The minimum atomic E-state index is -3.37. The molecule has 4 rings (SSSR count). The van der Waals surface area contributed by atoms with Crippen LogP contribution in [0, 0.1) is 0 Å². The van der Waals surface area contributed by atoms with Gasteiger partial charge in [0, 0.05) is 0 Å². The van der Waals surface area contributed by atoms with Crippen LogP contribution in [-0.4, -0.2) is 24.8 Å². The molecule has 0 N–H and O–H groups in total. The summed E-state index contributed by atoms with van der Waals surface area (Å²) in [6.45, 7) is 2.02. The zero-order chi connectivity index (χ0) is 23.4. The van der Waals surface area contributed by atoms with Crippen molar-refractivity contribution < 1.29 is 9.36 Å². The summed E-state index contributed by atoms with van der Waals surface area (Å²) in [5.41, 5.74) is 0. The van der Waals surface area contributed by atoms with Gasteiger partial charge in [0.05, 0.1) is 0 Å². The molecule has 0 bridgehead atoms. The summed E-state index contributed by atoms with van der Waals surface area (Å²) < 4.78 is 14.4. The van der Waals surface area contributed by atoms with E-state index in [0.717, 1.165) is 10.6 Å². The fourth-order valence-electron chi connectivity index (χ4n) is 4.35. The Morgan fingerprint density at radius 1 is 0.667 bits per heavy atom. The van der Waals surface area contributed by atoms with Crippen LogP contribution in [0.15, 0.2) is 121 Å². The van der Waals surface area contributed by atoms with Gasteiger partial charge in [0.15, 0.2) is 0 Å². The molecule has 0 atom stereocenters. The van der Waals surface area contributed by atoms with Crippen molar-refractivity contribution in [2.75, 3.05) is 19.0 Å². The van der Waals surface area contributed by atoms with Crippen LogP contribution in [-0.2, 0) is 9.36 Å². The molecule has 0 radical (unpaired) electrons. The zero-order valence-electron chi connectivity index (χ0n) is 18.6. The van der Waals surface area contributed by atoms with Gasteiger partial charge in [-0.3, -0.25) is 0 Å². The quantitative estimate of drug-likeness (QED) is 0.302. The molecule has 0 spiro atoms. The maximum absolute atomic E-state index is 14.4. The van der Waals surface area contributed by atoms with Crippen molar-refractivity contribution in [2.45, 2.75) is 0 Å². The third-order valence-electron chi connectivity index (χ3n) is 6.15. The van der Waals surface area contributed by atoms with Gasteiger partial charge in [-0.15, -0.1) is 0 Å². The van der Waals surface area contributed by atoms with E-state index in [1.807, 2.05) is 128 Å². The van der Waals surface area contributed by atoms with E-state index in [1.54, 1.807) is 0 Å². The van der Waals surface area contributed by atoms with E-state index in [-0.39, 0.29) is 18.1 Å². The number of carbonyl (C=O) groups excluding carboxylic acids is 1. The molecular formula is C28H27ClO2P2. The molecule has 0 aliphatic heterocycles. The molecule has 4 aromatic carbocycles. The fourth-order valence-corrected chi connectivity index (χ4v) is 11.7. The van der Waals surface area contributed by atoms with Gasteiger partial charge in [0.25, 0.3) is 0 Å². The number of Topliss-reactive ketones (excluding diaryl/α,β-unsaturated/α-hetero) is 1. The fraction of sp³-hybridized carbons (Fsp3) is 0.107. The topological polar surface area (TPSA) is 34.1 Å². The molecule has 168 valence electrons. The van der Waals surface area contributed by atoms with Crippen LogP contribution in [0.3, 0.4) is 0 Å². The van der Waals surface area contributed by atoms with Crippen molar-refractivity contribution in [3.63, 3.8) is 0 Å². The van der Waals surface area contributed by atoms with Gasteiger partial charge in [-0.2, -0.15) is 0 Å². The Morgan fingerprint density at radius 2 is 1.00 bits per heavy atom. The molecular weight excluding hydrogens is 466 g/mol. The van der Waals surface area contributed by atoms with E-state index in [2.05, 4.69) is 0 Å². The molecule has 0 saturated heterocycles. The van der Waals surface area contributed by atoms with Crippen molar-refractivity contribution in [3.8, 4) is 0 Å². The number of hydrogen-bond acceptors (Lipinski definition) is 2. The number of benzene rings is 4. The maximum atomic E-state index is 14.4. The minimum absolute atomic E-state index is 0.0564. The second-order valence-electron chi connectivity index (χ2n) is 8.59. The van der Waals surface area contributed by atoms with Crippen molar-refractivity contribution in [3.05, 3.63) is 121 Å². The molecule has 0 unspecified atom stereocenters. The summed E-state index contributed by atoms with van der Waals surface area (Å²) in [6, 6.07) is 38.3.